The van der Waals surface area contributed by atoms with Crippen LogP contribution in [-0.4, -0.2) is 67.4 Å². The molecule has 2 bridgehead atoms. The van der Waals surface area contributed by atoms with Crippen molar-refractivity contribution in [2.24, 2.45) is 0 Å². The quantitative estimate of drug-likeness (QED) is 0.336. The van der Waals surface area contributed by atoms with Gasteiger partial charge in [-0.2, -0.15) is 0 Å². The number of alkyl halides is 3. The maximum atomic E-state index is 13.5. The highest BCUT2D eigenvalue weighted by atomic mass is 35.5. The highest BCUT2D eigenvalue weighted by Gasteiger charge is 2.44. The minimum absolute atomic E-state index is 0.0532. The van der Waals surface area contributed by atoms with E-state index in [0.29, 0.717) is 24.7 Å². The number of halogens is 4. The van der Waals surface area contributed by atoms with E-state index in [1.807, 2.05) is 53.1 Å². The third-order valence-electron chi connectivity index (χ3n) is 7.17. The Morgan fingerprint density at radius 1 is 0.975 bits per heavy atom. The van der Waals surface area contributed by atoms with Crippen LogP contribution in [0, 0.1) is 0 Å². The van der Waals surface area contributed by atoms with Crippen LogP contribution in [0.1, 0.15) is 29.0 Å². The van der Waals surface area contributed by atoms with Gasteiger partial charge < -0.3 is 14.0 Å². The zero-order valence-electron chi connectivity index (χ0n) is 21.0. The number of rotatable bonds is 5. The van der Waals surface area contributed by atoms with Crippen LogP contribution in [-0.2, 0) is 11.3 Å². The molecular formula is C28H23ClF3N5O3. The molecular weight excluding hydrogens is 547 g/mol. The topological polar surface area (TPSA) is 80.0 Å². The summed E-state index contributed by atoms with van der Waals surface area (Å²) < 4.78 is 44.0. The minimum Gasteiger partial charge on any atom is -0.388 e. The van der Waals surface area contributed by atoms with Crippen molar-refractivity contribution < 1.29 is 27.5 Å². The Labute approximate surface area is 231 Å². The van der Waals surface area contributed by atoms with E-state index in [2.05, 4.69) is 14.6 Å². The molecule has 0 spiro atoms. The summed E-state index contributed by atoms with van der Waals surface area (Å²) in [6, 6.07) is 16.0. The molecule has 2 aliphatic rings. The Bertz CT molecular complexity index is 1570. The molecule has 6 rings (SSSR count). The van der Waals surface area contributed by atoms with Gasteiger partial charge in [0.05, 0.1) is 23.5 Å². The van der Waals surface area contributed by atoms with Gasteiger partial charge >= 0.3 is 6.36 Å². The molecule has 2 unspecified atom stereocenters. The van der Waals surface area contributed by atoms with Crippen molar-refractivity contribution in [3.8, 4) is 17.1 Å². The molecule has 2 fully saturated rings. The van der Waals surface area contributed by atoms with Gasteiger partial charge in [-0.25, -0.2) is 9.97 Å². The van der Waals surface area contributed by atoms with Crippen LogP contribution in [0.15, 0.2) is 66.9 Å². The Balaban J connectivity index is 1.27. The number of likely N-dealkylation sites (tertiary alicyclic amines) is 1. The molecule has 1 aromatic carbocycles. The van der Waals surface area contributed by atoms with Crippen LogP contribution >= 0.6 is 11.6 Å². The van der Waals surface area contributed by atoms with Crippen LogP contribution in [0.3, 0.4) is 0 Å². The Morgan fingerprint density at radius 3 is 2.40 bits per heavy atom. The van der Waals surface area contributed by atoms with Crippen molar-refractivity contribution in [2.45, 2.75) is 37.8 Å². The first-order chi connectivity index (χ1) is 19.1. The van der Waals surface area contributed by atoms with E-state index in [-0.39, 0.29) is 24.3 Å². The van der Waals surface area contributed by atoms with Crippen LogP contribution < -0.4 is 4.74 Å². The summed E-state index contributed by atoms with van der Waals surface area (Å²) in [5.74, 6) is -1.18. The number of Topliss-reactive ketones (excluding diaryl/α,β-unsaturated/α-hetero) is 1. The second kappa shape index (κ2) is 10.2. The first kappa shape index (κ1) is 26.3. The lowest BCUT2D eigenvalue weighted by molar-refractivity contribution is -0.276. The summed E-state index contributed by atoms with van der Waals surface area (Å²) in [7, 11) is 0. The lowest BCUT2D eigenvalue weighted by Gasteiger charge is -2.49. The molecule has 206 valence electrons. The number of benzene rings is 1. The number of fused-ring (bicyclic) bond motifs is 3. The highest BCUT2D eigenvalue weighted by molar-refractivity contribution is 6.30. The largest absolute Gasteiger partial charge is 0.574 e. The number of carbonyl (C=O) groups excluding carboxylic acids is 2. The second-order valence-corrected chi connectivity index (χ2v) is 10.3. The summed E-state index contributed by atoms with van der Waals surface area (Å²) in [5, 5.41) is 0.623. The molecule has 0 saturated carbocycles. The van der Waals surface area contributed by atoms with Crippen molar-refractivity contribution in [2.75, 3.05) is 13.1 Å². The van der Waals surface area contributed by atoms with Gasteiger partial charge in [0.15, 0.2) is 0 Å². The molecule has 2 atom stereocenters. The fourth-order valence-electron chi connectivity index (χ4n) is 5.63. The van der Waals surface area contributed by atoms with E-state index < -0.39 is 30.2 Å². The number of nitrogens with zero attached hydrogens (tertiary/aromatic N) is 5. The van der Waals surface area contributed by atoms with Crippen LogP contribution in [0.5, 0.6) is 5.88 Å². The van der Waals surface area contributed by atoms with E-state index in [9.17, 15) is 22.8 Å². The summed E-state index contributed by atoms with van der Waals surface area (Å²) in [6.45, 7) is 1.33. The van der Waals surface area contributed by atoms with Gasteiger partial charge in [0.25, 0.3) is 5.91 Å². The van der Waals surface area contributed by atoms with Gasteiger partial charge in [-0.05, 0) is 30.3 Å². The predicted octanol–water partition coefficient (Wildman–Crippen LogP) is 5.01. The molecule has 0 aliphatic carbocycles. The zero-order valence-corrected chi connectivity index (χ0v) is 21.8. The molecule has 0 N–H and O–H groups in total. The first-order valence-electron chi connectivity index (χ1n) is 12.7. The average molecular weight is 570 g/mol. The molecule has 2 saturated heterocycles. The lowest BCUT2D eigenvalue weighted by Crippen LogP contribution is -2.64. The smallest absolute Gasteiger partial charge is 0.388 e. The van der Waals surface area contributed by atoms with Crippen molar-refractivity contribution in [3.05, 3.63) is 83.3 Å². The standard InChI is InChI=1S/C28H23ClF3N5O3/c29-18-9-7-17(8-10-18)26-23(36-11-2-1-5-24(36)34-26)16-35-14-19-12-21(38)13-20(15-35)37(19)27(39)22-4-3-6-25(33-22)40-28(30,31)32/h1-11,19-20H,12-16H2. The summed E-state index contributed by atoms with van der Waals surface area (Å²) in [5.41, 5.74) is 3.32. The first-order valence-corrected chi connectivity index (χ1v) is 13.0. The van der Waals surface area contributed by atoms with Gasteiger partial charge in [-0.3, -0.25) is 14.5 Å². The van der Waals surface area contributed by atoms with Gasteiger partial charge in [-0.15, -0.1) is 13.2 Å². The van der Waals surface area contributed by atoms with E-state index in [4.69, 9.17) is 16.6 Å². The van der Waals surface area contributed by atoms with Crippen LogP contribution in [0.2, 0.25) is 5.02 Å². The number of amides is 1. The number of imidazole rings is 1. The number of ketones is 1. The Hall–Kier alpha value is -3.96. The molecule has 3 aromatic heterocycles. The zero-order chi connectivity index (χ0) is 28.0. The van der Waals surface area contributed by atoms with E-state index >= 15 is 0 Å². The molecule has 8 nitrogen and oxygen atoms in total. The normalized spacial score (nSPS) is 19.7. The van der Waals surface area contributed by atoms with Gasteiger partial charge in [0, 0.05) is 55.3 Å². The fraction of sp³-hybridized carbons (Fsp3) is 0.286. The van der Waals surface area contributed by atoms with Crippen molar-refractivity contribution in [1.29, 1.82) is 0 Å². The molecule has 12 heteroatoms. The number of carbonyl (C=O) groups is 2. The summed E-state index contributed by atoms with van der Waals surface area (Å²) in [4.78, 5) is 38.4. The number of aromatic nitrogens is 3. The second-order valence-electron chi connectivity index (χ2n) is 9.91. The monoisotopic (exact) mass is 569 g/mol. The summed E-state index contributed by atoms with van der Waals surface area (Å²) >= 11 is 6.10. The average Bonchev–Trinajstić information content (AvgIpc) is 3.25. The van der Waals surface area contributed by atoms with E-state index in [1.54, 1.807) is 4.90 Å². The van der Waals surface area contributed by atoms with Gasteiger partial charge in [0.1, 0.15) is 17.1 Å². The molecule has 2 aliphatic heterocycles. The number of pyridine rings is 2. The number of hydrogen-bond acceptors (Lipinski definition) is 6. The SMILES string of the molecule is O=C1CC2CN(Cc3c(-c4ccc(Cl)cc4)nc4ccccn34)CC(C1)N2C(=O)c1cccc(OC(F)(F)F)n1. The number of piperidine rings is 1. The Kier molecular flexibility index (Phi) is 6.71. The molecule has 40 heavy (non-hydrogen) atoms. The van der Waals surface area contributed by atoms with E-state index in [1.165, 1.54) is 12.1 Å². The molecule has 5 heterocycles. The molecule has 1 amide bonds. The lowest BCUT2D eigenvalue weighted by atomic mass is 9.89. The van der Waals surface area contributed by atoms with E-state index in [0.717, 1.165) is 28.7 Å². The Morgan fingerprint density at radius 2 is 1.70 bits per heavy atom. The maximum Gasteiger partial charge on any atom is 0.574 e. The number of piperazine rings is 1. The third-order valence-corrected chi connectivity index (χ3v) is 7.42. The fourth-order valence-corrected chi connectivity index (χ4v) is 5.76. The highest BCUT2D eigenvalue weighted by Crippen LogP contribution is 2.32. The van der Waals surface area contributed by atoms with Gasteiger partial charge in [-0.1, -0.05) is 35.9 Å². The van der Waals surface area contributed by atoms with Crippen molar-refractivity contribution >= 4 is 28.9 Å². The van der Waals surface area contributed by atoms with Crippen molar-refractivity contribution in [3.63, 3.8) is 0 Å². The van der Waals surface area contributed by atoms with Crippen LogP contribution in [0.4, 0.5) is 13.2 Å². The van der Waals surface area contributed by atoms with Crippen molar-refractivity contribution in [1.82, 2.24) is 24.2 Å². The minimum atomic E-state index is -4.92. The summed E-state index contributed by atoms with van der Waals surface area (Å²) in [6.07, 6.45) is -2.65. The third kappa shape index (κ3) is 5.26. The maximum absolute atomic E-state index is 13.5. The number of ether oxygens (including phenoxy) is 1. The number of hydrogen-bond donors (Lipinski definition) is 0. The molecule has 0 radical (unpaired) electrons. The van der Waals surface area contributed by atoms with Gasteiger partial charge in [0.2, 0.25) is 5.88 Å². The van der Waals surface area contributed by atoms with Crippen LogP contribution in [0.25, 0.3) is 16.9 Å². The molecule has 4 aromatic rings. The predicted molar refractivity (Wildman–Crippen MR) is 140 cm³/mol.